The Morgan fingerprint density at radius 2 is 2.15 bits per heavy atom. The summed E-state index contributed by atoms with van der Waals surface area (Å²) >= 11 is 3.21. The summed E-state index contributed by atoms with van der Waals surface area (Å²) in [5.41, 5.74) is 2.36. The predicted molar refractivity (Wildman–Crippen MR) is 84.8 cm³/mol. The van der Waals surface area contributed by atoms with Crippen molar-refractivity contribution in [2.45, 2.75) is 6.92 Å². The zero-order chi connectivity index (χ0) is 13.9. The predicted octanol–water partition coefficient (Wildman–Crippen LogP) is 3.51. The van der Waals surface area contributed by atoms with Gasteiger partial charge in [0.1, 0.15) is 9.93 Å². The summed E-state index contributed by atoms with van der Waals surface area (Å²) < 4.78 is 5.15. The summed E-state index contributed by atoms with van der Waals surface area (Å²) in [4.78, 5) is 15.0. The van der Waals surface area contributed by atoms with Crippen LogP contribution in [0.4, 0.5) is 0 Å². The van der Waals surface area contributed by atoms with Gasteiger partial charge in [-0.3, -0.25) is 0 Å². The van der Waals surface area contributed by atoms with Crippen molar-refractivity contribution in [3.8, 4) is 0 Å². The van der Waals surface area contributed by atoms with Crippen LogP contribution in [0.3, 0.4) is 0 Å². The number of hydrogen-bond donors (Lipinski definition) is 0. The molecule has 3 nitrogen and oxygen atoms in total. The molecule has 0 saturated heterocycles. The van der Waals surface area contributed by atoms with Crippen molar-refractivity contribution in [3.63, 3.8) is 0 Å². The fourth-order valence-electron chi connectivity index (χ4n) is 2.22. The molecule has 104 valence electrons. The fourth-order valence-corrected chi connectivity index (χ4v) is 4.43. The molecule has 2 aliphatic heterocycles. The van der Waals surface area contributed by atoms with Gasteiger partial charge in [0.2, 0.25) is 0 Å². The van der Waals surface area contributed by atoms with Gasteiger partial charge in [-0.05, 0) is 12.5 Å². The molecule has 0 radical (unpaired) electrons. The van der Waals surface area contributed by atoms with Crippen molar-refractivity contribution in [3.05, 3.63) is 51.2 Å². The van der Waals surface area contributed by atoms with Crippen molar-refractivity contribution >= 4 is 35.2 Å². The first-order valence-corrected chi connectivity index (χ1v) is 8.41. The molecule has 20 heavy (non-hydrogen) atoms. The van der Waals surface area contributed by atoms with E-state index in [-0.39, 0.29) is 5.97 Å². The number of fused-ring (bicyclic) bond motifs is 1. The van der Waals surface area contributed by atoms with Gasteiger partial charge in [-0.2, -0.15) is 0 Å². The van der Waals surface area contributed by atoms with E-state index in [9.17, 15) is 4.79 Å². The zero-order valence-electron chi connectivity index (χ0n) is 11.2. The lowest BCUT2D eigenvalue weighted by molar-refractivity contribution is -0.137. The second kappa shape index (κ2) is 5.97. The second-order valence-electron chi connectivity index (χ2n) is 4.34. The summed E-state index contributed by atoms with van der Waals surface area (Å²) in [6.45, 7) is 3.18. The highest BCUT2D eigenvalue weighted by molar-refractivity contribution is 8.09. The lowest BCUT2D eigenvalue weighted by Gasteiger charge is -2.28. The average Bonchev–Trinajstić information content (AvgIpc) is 2.92. The van der Waals surface area contributed by atoms with Crippen molar-refractivity contribution in [1.29, 1.82) is 0 Å². The Bertz CT molecular complexity index is 581. The van der Waals surface area contributed by atoms with Crippen LogP contribution in [-0.4, -0.2) is 29.8 Å². The molecule has 0 bridgehead atoms. The van der Waals surface area contributed by atoms with Gasteiger partial charge >= 0.3 is 5.97 Å². The third-order valence-electron chi connectivity index (χ3n) is 3.10. The van der Waals surface area contributed by atoms with Gasteiger partial charge in [-0.1, -0.05) is 42.1 Å². The normalized spacial score (nSPS) is 17.9. The maximum atomic E-state index is 12.0. The number of nitrogens with zero attached hydrogens (tertiary/aromatic N) is 1. The summed E-state index contributed by atoms with van der Waals surface area (Å²) in [5, 5.41) is 3.13. The molecule has 0 fully saturated rings. The van der Waals surface area contributed by atoms with Crippen LogP contribution < -0.4 is 0 Å². The molecule has 0 amide bonds. The van der Waals surface area contributed by atoms with E-state index in [0.717, 1.165) is 22.2 Å². The SMILES string of the molecule is CCOC(=O)C1=C2SC=C(c3ccccc3)N2CCS1. The van der Waals surface area contributed by atoms with Gasteiger partial charge in [0, 0.05) is 17.7 Å². The van der Waals surface area contributed by atoms with Crippen LogP contribution in [0.1, 0.15) is 12.5 Å². The van der Waals surface area contributed by atoms with Crippen molar-refractivity contribution in [2.75, 3.05) is 18.9 Å². The van der Waals surface area contributed by atoms with E-state index in [1.54, 1.807) is 23.5 Å². The van der Waals surface area contributed by atoms with E-state index >= 15 is 0 Å². The van der Waals surface area contributed by atoms with E-state index < -0.39 is 0 Å². The third kappa shape index (κ3) is 2.47. The standard InChI is InChI=1S/C15H15NO2S2/c1-2-18-15(17)13-14-16(8-9-19-13)12(10-20-14)11-6-4-3-5-7-11/h3-7,10H,2,8-9H2,1H3. The van der Waals surface area contributed by atoms with Gasteiger partial charge in [0.05, 0.1) is 12.3 Å². The Kier molecular flexibility index (Phi) is 4.08. The topological polar surface area (TPSA) is 29.5 Å². The largest absolute Gasteiger partial charge is 0.462 e. The van der Waals surface area contributed by atoms with E-state index in [4.69, 9.17) is 4.74 Å². The second-order valence-corrected chi connectivity index (χ2v) is 6.31. The maximum absolute atomic E-state index is 12.0. The Hall–Kier alpha value is -1.33. The van der Waals surface area contributed by atoms with Crippen LogP contribution in [0, 0.1) is 0 Å². The number of hydrogen-bond acceptors (Lipinski definition) is 5. The van der Waals surface area contributed by atoms with Gasteiger partial charge in [-0.15, -0.1) is 11.8 Å². The minimum absolute atomic E-state index is 0.201. The minimum Gasteiger partial charge on any atom is -0.462 e. The molecular weight excluding hydrogens is 290 g/mol. The van der Waals surface area contributed by atoms with Crippen molar-refractivity contribution in [2.24, 2.45) is 0 Å². The molecule has 3 rings (SSSR count). The summed E-state index contributed by atoms with van der Waals surface area (Å²) in [6.07, 6.45) is 0. The first-order chi connectivity index (χ1) is 9.81. The molecule has 5 heteroatoms. The van der Waals surface area contributed by atoms with Gasteiger partial charge in [0.15, 0.2) is 0 Å². The summed E-state index contributed by atoms with van der Waals surface area (Å²) in [7, 11) is 0. The van der Waals surface area contributed by atoms with Crippen LogP contribution in [0.5, 0.6) is 0 Å². The third-order valence-corrected chi connectivity index (χ3v) is 5.26. The monoisotopic (exact) mass is 305 g/mol. The van der Waals surface area contributed by atoms with Gasteiger partial charge in [-0.25, -0.2) is 4.79 Å². The molecule has 0 unspecified atom stereocenters. The maximum Gasteiger partial charge on any atom is 0.347 e. The Labute approximate surface area is 127 Å². The van der Waals surface area contributed by atoms with Crippen molar-refractivity contribution in [1.82, 2.24) is 4.90 Å². The van der Waals surface area contributed by atoms with Crippen LogP contribution in [0.2, 0.25) is 0 Å². The van der Waals surface area contributed by atoms with E-state index in [2.05, 4.69) is 22.4 Å². The number of thioether (sulfide) groups is 2. The molecule has 0 N–H and O–H groups in total. The minimum atomic E-state index is -0.201. The molecule has 1 aromatic rings. The van der Waals surface area contributed by atoms with E-state index in [0.29, 0.717) is 6.61 Å². The number of esters is 1. The van der Waals surface area contributed by atoms with E-state index in [1.165, 1.54) is 11.3 Å². The Balaban J connectivity index is 1.91. The molecule has 0 saturated carbocycles. The number of benzene rings is 1. The Morgan fingerprint density at radius 3 is 2.90 bits per heavy atom. The number of rotatable bonds is 3. The Morgan fingerprint density at radius 1 is 1.35 bits per heavy atom. The molecule has 0 aromatic heterocycles. The van der Waals surface area contributed by atoms with Gasteiger partial charge in [0.25, 0.3) is 0 Å². The highest BCUT2D eigenvalue weighted by Gasteiger charge is 2.32. The first kappa shape index (κ1) is 13.6. The molecule has 2 aliphatic rings. The molecule has 0 aliphatic carbocycles. The fraction of sp³-hybridized carbons (Fsp3) is 0.267. The summed E-state index contributed by atoms with van der Waals surface area (Å²) in [6, 6.07) is 10.3. The smallest absolute Gasteiger partial charge is 0.347 e. The average molecular weight is 305 g/mol. The van der Waals surface area contributed by atoms with Gasteiger partial charge < -0.3 is 9.64 Å². The molecule has 2 heterocycles. The highest BCUT2D eigenvalue weighted by atomic mass is 32.2. The lowest BCUT2D eigenvalue weighted by atomic mass is 10.1. The quantitative estimate of drug-likeness (QED) is 0.797. The van der Waals surface area contributed by atoms with E-state index in [1.807, 2.05) is 25.1 Å². The first-order valence-electron chi connectivity index (χ1n) is 6.55. The van der Waals surface area contributed by atoms with Crippen LogP contribution in [-0.2, 0) is 9.53 Å². The molecule has 1 aromatic carbocycles. The highest BCUT2D eigenvalue weighted by Crippen LogP contribution is 2.46. The summed E-state index contributed by atoms with van der Waals surface area (Å²) in [5.74, 6) is 0.704. The number of carbonyl (C=O) groups excluding carboxylic acids is 1. The van der Waals surface area contributed by atoms with Crippen LogP contribution in [0.25, 0.3) is 5.70 Å². The number of ether oxygens (including phenoxy) is 1. The van der Waals surface area contributed by atoms with Crippen LogP contribution in [0.15, 0.2) is 45.7 Å². The molecule has 0 atom stereocenters. The van der Waals surface area contributed by atoms with Crippen molar-refractivity contribution < 1.29 is 9.53 Å². The number of carbonyl (C=O) groups is 1. The van der Waals surface area contributed by atoms with Crippen LogP contribution >= 0.6 is 23.5 Å². The zero-order valence-corrected chi connectivity index (χ0v) is 12.8. The molecule has 0 spiro atoms. The molecular formula is C15H15NO2S2. The lowest BCUT2D eigenvalue weighted by Crippen LogP contribution is -2.26.